The van der Waals surface area contributed by atoms with Crippen molar-refractivity contribution in [3.8, 4) is 0 Å². The molecule has 2 aromatic carbocycles. The number of rotatable bonds is 2. The second kappa shape index (κ2) is 5.83. The lowest BCUT2D eigenvalue weighted by atomic mass is 9.93. The van der Waals surface area contributed by atoms with E-state index in [-0.39, 0.29) is 5.82 Å². The molecule has 0 saturated carbocycles. The van der Waals surface area contributed by atoms with Crippen LogP contribution >= 0.6 is 0 Å². The summed E-state index contributed by atoms with van der Waals surface area (Å²) in [5.74, 6) is 0.475. The zero-order valence-corrected chi connectivity index (χ0v) is 13.4. The smallest absolute Gasteiger partial charge is 0.140 e. The van der Waals surface area contributed by atoms with Gasteiger partial charge in [-0.05, 0) is 30.7 Å². The molecule has 24 heavy (non-hydrogen) atoms. The third kappa shape index (κ3) is 2.61. The Morgan fingerprint density at radius 2 is 1.96 bits per heavy atom. The highest BCUT2D eigenvalue weighted by atomic mass is 19.1. The molecule has 1 aliphatic heterocycles. The number of nitrogens with zero attached hydrogens (tertiary/aromatic N) is 3. The summed E-state index contributed by atoms with van der Waals surface area (Å²) in [6.45, 7) is 4.04. The Morgan fingerprint density at radius 1 is 1.12 bits per heavy atom. The SMILES string of the molecule is CC1(c2ccccc2)CN(c2ncnc3ccc(F)cc23)CCO1. The fraction of sp³-hybridized carbons (Fsp3) is 0.263. The van der Waals surface area contributed by atoms with Crippen molar-refractivity contribution in [1.82, 2.24) is 9.97 Å². The van der Waals surface area contributed by atoms with Crippen LogP contribution in [0.25, 0.3) is 10.9 Å². The number of hydrogen-bond donors (Lipinski definition) is 0. The molecule has 0 amide bonds. The molecular formula is C19H18FN3O. The lowest BCUT2D eigenvalue weighted by Gasteiger charge is -2.41. The van der Waals surface area contributed by atoms with E-state index in [1.54, 1.807) is 6.07 Å². The molecule has 1 saturated heterocycles. The average molecular weight is 323 g/mol. The van der Waals surface area contributed by atoms with Crippen molar-refractivity contribution in [2.75, 3.05) is 24.6 Å². The molecule has 4 rings (SSSR count). The maximum absolute atomic E-state index is 13.7. The highest BCUT2D eigenvalue weighted by Gasteiger charge is 2.34. The average Bonchev–Trinajstić information content (AvgIpc) is 2.62. The van der Waals surface area contributed by atoms with Crippen LogP contribution in [0, 0.1) is 5.82 Å². The van der Waals surface area contributed by atoms with Crippen LogP contribution in [0.1, 0.15) is 12.5 Å². The van der Waals surface area contributed by atoms with E-state index in [0.717, 1.165) is 22.3 Å². The topological polar surface area (TPSA) is 38.2 Å². The lowest BCUT2D eigenvalue weighted by Crippen LogP contribution is -2.48. The monoisotopic (exact) mass is 323 g/mol. The van der Waals surface area contributed by atoms with E-state index in [0.29, 0.717) is 19.7 Å². The fourth-order valence-corrected chi connectivity index (χ4v) is 3.28. The second-order valence-electron chi connectivity index (χ2n) is 6.23. The Bertz CT molecular complexity index is 871. The molecule has 0 spiro atoms. The van der Waals surface area contributed by atoms with E-state index >= 15 is 0 Å². The van der Waals surface area contributed by atoms with E-state index in [1.807, 2.05) is 18.2 Å². The molecule has 1 unspecified atom stereocenters. The van der Waals surface area contributed by atoms with E-state index in [9.17, 15) is 4.39 Å². The van der Waals surface area contributed by atoms with Crippen molar-refractivity contribution in [2.24, 2.45) is 0 Å². The molecule has 2 heterocycles. The first-order valence-electron chi connectivity index (χ1n) is 8.00. The summed E-state index contributed by atoms with van der Waals surface area (Å²) in [6, 6.07) is 14.8. The van der Waals surface area contributed by atoms with Gasteiger partial charge in [0.25, 0.3) is 0 Å². The molecule has 0 radical (unpaired) electrons. The molecule has 1 aliphatic rings. The molecule has 4 nitrogen and oxygen atoms in total. The van der Waals surface area contributed by atoms with Crippen LogP contribution < -0.4 is 4.90 Å². The van der Waals surface area contributed by atoms with Gasteiger partial charge in [-0.1, -0.05) is 30.3 Å². The highest BCUT2D eigenvalue weighted by Crippen LogP contribution is 2.33. The van der Waals surface area contributed by atoms with Crippen molar-refractivity contribution in [2.45, 2.75) is 12.5 Å². The van der Waals surface area contributed by atoms with Crippen LogP contribution in [0.5, 0.6) is 0 Å². The Kier molecular flexibility index (Phi) is 3.65. The van der Waals surface area contributed by atoms with Gasteiger partial charge < -0.3 is 9.64 Å². The molecule has 0 bridgehead atoms. The summed E-state index contributed by atoms with van der Waals surface area (Å²) in [4.78, 5) is 10.8. The van der Waals surface area contributed by atoms with Crippen molar-refractivity contribution in [1.29, 1.82) is 0 Å². The minimum absolute atomic E-state index is 0.280. The predicted octanol–water partition coefficient (Wildman–Crippen LogP) is 3.52. The molecule has 5 heteroatoms. The zero-order valence-electron chi connectivity index (χ0n) is 13.4. The fourth-order valence-electron chi connectivity index (χ4n) is 3.28. The highest BCUT2D eigenvalue weighted by molar-refractivity contribution is 5.89. The molecule has 1 aromatic heterocycles. The summed E-state index contributed by atoms with van der Waals surface area (Å²) >= 11 is 0. The van der Waals surface area contributed by atoms with Crippen LogP contribution in [0.4, 0.5) is 10.2 Å². The maximum atomic E-state index is 13.7. The number of benzene rings is 2. The van der Waals surface area contributed by atoms with Crippen molar-refractivity contribution in [3.63, 3.8) is 0 Å². The van der Waals surface area contributed by atoms with E-state index < -0.39 is 5.60 Å². The third-order valence-electron chi connectivity index (χ3n) is 4.53. The number of aromatic nitrogens is 2. The Morgan fingerprint density at radius 3 is 2.79 bits per heavy atom. The van der Waals surface area contributed by atoms with Gasteiger partial charge in [0.15, 0.2) is 0 Å². The van der Waals surface area contributed by atoms with Gasteiger partial charge in [0, 0.05) is 11.9 Å². The third-order valence-corrected chi connectivity index (χ3v) is 4.53. The molecule has 1 fully saturated rings. The quantitative estimate of drug-likeness (QED) is 0.723. The summed E-state index contributed by atoms with van der Waals surface area (Å²) in [7, 11) is 0. The summed E-state index contributed by atoms with van der Waals surface area (Å²) in [6.07, 6.45) is 1.53. The normalized spacial score (nSPS) is 21.2. The van der Waals surface area contributed by atoms with E-state index in [1.165, 1.54) is 18.5 Å². The van der Waals surface area contributed by atoms with Gasteiger partial charge >= 0.3 is 0 Å². The Labute approximate surface area is 139 Å². The van der Waals surface area contributed by atoms with Crippen LogP contribution in [0.2, 0.25) is 0 Å². The van der Waals surface area contributed by atoms with Crippen LogP contribution in [0.15, 0.2) is 54.9 Å². The standard InChI is InChI=1S/C19H18FN3O/c1-19(14-5-3-2-4-6-14)12-23(9-10-24-19)18-16-11-15(20)7-8-17(16)21-13-22-18/h2-8,11,13H,9-10,12H2,1H3. The summed E-state index contributed by atoms with van der Waals surface area (Å²) < 4.78 is 19.8. The van der Waals surface area contributed by atoms with Crippen molar-refractivity contribution in [3.05, 3.63) is 66.2 Å². The molecule has 1 atom stereocenters. The number of fused-ring (bicyclic) bond motifs is 1. The Hall–Kier alpha value is -2.53. The predicted molar refractivity (Wildman–Crippen MR) is 91.5 cm³/mol. The Balaban J connectivity index is 1.74. The summed E-state index contributed by atoms with van der Waals surface area (Å²) in [5, 5.41) is 0.731. The lowest BCUT2D eigenvalue weighted by molar-refractivity contribution is -0.0467. The van der Waals surface area contributed by atoms with Gasteiger partial charge in [-0.15, -0.1) is 0 Å². The number of halogens is 1. The first-order valence-corrected chi connectivity index (χ1v) is 8.00. The largest absolute Gasteiger partial charge is 0.367 e. The molecule has 0 N–H and O–H groups in total. The van der Waals surface area contributed by atoms with Gasteiger partial charge in [0.2, 0.25) is 0 Å². The first-order chi connectivity index (χ1) is 11.7. The van der Waals surface area contributed by atoms with E-state index in [2.05, 4.69) is 33.9 Å². The van der Waals surface area contributed by atoms with Gasteiger partial charge in [-0.2, -0.15) is 0 Å². The van der Waals surface area contributed by atoms with E-state index in [4.69, 9.17) is 4.74 Å². The minimum atomic E-state index is -0.426. The van der Waals surface area contributed by atoms with Gasteiger partial charge in [-0.25, -0.2) is 14.4 Å². The van der Waals surface area contributed by atoms with Crippen LogP contribution in [-0.4, -0.2) is 29.7 Å². The minimum Gasteiger partial charge on any atom is -0.367 e. The first kappa shape index (κ1) is 15.0. The molecule has 0 aliphatic carbocycles. The van der Waals surface area contributed by atoms with Crippen molar-refractivity contribution < 1.29 is 9.13 Å². The molecular weight excluding hydrogens is 305 g/mol. The van der Waals surface area contributed by atoms with Gasteiger partial charge in [0.1, 0.15) is 23.6 Å². The molecule has 3 aromatic rings. The summed E-state index contributed by atoms with van der Waals surface area (Å²) in [5.41, 5.74) is 1.44. The molecule has 122 valence electrons. The number of hydrogen-bond acceptors (Lipinski definition) is 4. The van der Waals surface area contributed by atoms with Gasteiger partial charge in [0.05, 0.1) is 18.7 Å². The number of ether oxygens (including phenoxy) is 1. The zero-order chi connectivity index (χ0) is 16.6. The second-order valence-corrected chi connectivity index (χ2v) is 6.23. The number of morpholine rings is 1. The van der Waals surface area contributed by atoms with Crippen LogP contribution in [-0.2, 0) is 10.3 Å². The number of anilines is 1. The maximum Gasteiger partial charge on any atom is 0.140 e. The van der Waals surface area contributed by atoms with Crippen molar-refractivity contribution >= 4 is 16.7 Å². The van der Waals surface area contributed by atoms with Crippen LogP contribution in [0.3, 0.4) is 0 Å². The van der Waals surface area contributed by atoms with Gasteiger partial charge in [-0.3, -0.25) is 0 Å².